The maximum absolute atomic E-state index is 14.0. The molecule has 26 heavy (non-hydrogen) atoms. The Labute approximate surface area is 151 Å². The van der Waals surface area contributed by atoms with Crippen LogP contribution in [0.25, 0.3) is 11.3 Å². The van der Waals surface area contributed by atoms with Gasteiger partial charge in [-0.25, -0.2) is 13.8 Å². The quantitative estimate of drug-likeness (QED) is 0.875. The number of rotatable bonds is 4. The largest absolute Gasteiger partial charge is 0.379 e. The highest BCUT2D eigenvalue weighted by Gasteiger charge is 2.29. The summed E-state index contributed by atoms with van der Waals surface area (Å²) in [5.41, 5.74) is 0.908. The summed E-state index contributed by atoms with van der Waals surface area (Å²) in [6, 6.07) is 4.30. The first kappa shape index (κ1) is 17.6. The Morgan fingerprint density at radius 1 is 1.31 bits per heavy atom. The average molecular weight is 362 g/mol. The van der Waals surface area contributed by atoms with Crippen LogP contribution in [0.2, 0.25) is 0 Å². The number of halogens is 2. The molecule has 2 N–H and O–H groups in total. The molecular weight excluding hydrogens is 338 g/mol. The van der Waals surface area contributed by atoms with Crippen molar-refractivity contribution in [1.29, 1.82) is 0 Å². The zero-order valence-electron chi connectivity index (χ0n) is 14.8. The molecule has 140 valence electrons. The van der Waals surface area contributed by atoms with Gasteiger partial charge in [0, 0.05) is 56.5 Å². The number of hydrogen-bond acceptors (Lipinski definition) is 4. The summed E-state index contributed by atoms with van der Waals surface area (Å²) in [6.07, 6.45) is 4.91. The summed E-state index contributed by atoms with van der Waals surface area (Å²) in [6.45, 7) is 2.66. The lowest BCUT2D eigenvalue weighted by atomic mass is 9.99. The molecule has 3 unspecified atom stereocenters. The molecule has 0 radical (unpaired) electrons. The van der Waals surface area contributed by atoms with Crippen LogP contribution in [0.1, 0.15) is 18.7 Å². The van der Waals surface area contributed by atoms with Crippen molar-refractivity contribution < 1.29 is 13.5 Å². The molecule has 2 aliphatic heterocycles. The second-order valence-electron chi connectivity index (χ2n) is 7.09. The molecule has 3 atom stereocenters. The fourth-order valence-electron chi connectivity index (χ4n) is 3.98. The highest BCUT2D eigenvalue weighted by molar-refractivity contribution is 5.59. The molecule has 2 aliphatic rings. The number of ether oxygens (including phenoxy) is 1. The van der Waals surface area contributed by atoms with Gasteiger partial charge in [-0.05, 0) is 31.5 Å². The van der Waals surface area contributed by atoms with E-state index in [4.69, 9.17) is 4.74 Å². The van der Waals surface area contributed by atoms with Crippen LogP contribution >= 0.6 is 0 Å². The van der Waals surface area contributed by atoms with Crippen molar-refractivity contribution in [2.75, 3.05) is 20.2 Å². The van der Waals surface area contributed by atoms with Crippen LogP contribution in [-0.2, 0) is 17.7 Å². The van der Waals surface area contributed by atoms with E-state index in [0.29, 0.717) is 23.3 Å². The van der Waals surface area contributed by atoms with Crippen molar-refractivity contribution in [1.82, 2.24) is 20.2 Å². The van der Waals surface area contributed by atoms with Gasteiger partial charge >= 0.3 is 0 Å². The maximum Gasteiger partial charge on any atom is 0.135 e. The molecule has 1 saturated heterocycles. The number of hydrogen-bond donors (Lipinski definition) is 2. The first-order chi connectivity index (χ1) is 12.6. The molecule has 5 nitrogen and oxygen atoms in total. The molecule has 0 amide bonds. The number of aryl methyl sites for hydroxylation is 1. The van der Waals surface area contributed by atoms with E-state index in [2.05, 4.69) is 20.2 Å². The number of piperidine rings is 1. The summed E-state index contributed by atoms with van der Waals surface area (Å²) in [5, 5.41) is 7.09. The topological polar surface area (TPSA) is 51.1 Å². The number of nitrogens with zero attached hydrogens (tertiary/aromatic N) is 2. The molecule has 2 aromatic rings. The molecule has 1 fully saturated rings. The van der Waals surface area contributed by atoms with E-state index in [1.165, 1.54) is 12.1 Å². The smallest absolute Gasteiger partial charge is 0.135 e. The van der Waals surface area contributed by atoms with Crippen molar-refractivity contribution in [2.24, 2.45) is 0 Å². The van der Waals surface area contributed by atoms with E-state index in [0.717, 1.165) is 50.8 Å². The first-order valence-corrected chi connectivity index (χ1v) is 9.15. The van der Waals surface area contributed by atoms with Crippen molar-refractivity contribution in [3.05, 3.63) is 41.9 Å². The van der Waals surface area contributed by atoms with Crippen molar-refractivity contribution in [3.63, 3.8) is 0 Å². The number of nitrogens with one attached hydrogen (secondary N) is 2. The molecular formula is C19H24F2N4O. The summed E-state index contributed by atoms with van der Waals surface area (Å²) < 4.78 is 34.9. The monoisotopic (exact) mass is 362 g/mol. The third kappa shape index (κ3) is 3.51. The summed E-state index contributed by atoms with van der Waals surface area (Å²) >= 11 is 0. The predicted octanol–water partition coefficient (Wildman–Crippen LogP) is 2.11. The van der Waals surface area contributed by atoms with Crippen LogP contribution in [-0.4, -0.2) is 47.9 Å². The number of benzene rings is 1. The highest BCUT2D eigenvalue weighted by Crippen LogP contribution is 2.26. The molecule has 0 spiro atoms. The zero-order valence-corrected chi connectivity index (χ0v) is 14.8. The van der Waals surface area contributed by atoms with Gasteiger partial charge in [0.2, 0.25) is 0 Å². The van der Waals surface area contributed by atoms with Gasteiger partial charge in [0.1, 0.15) is 17.5 Å². The van der Waals surface area contributed by atoms with Gasteiger partial charge in [-0.15, -0.1) is 0 Å². The van der Waals surface area contributed by atoms with E-state index in [1.807, 2.05) is 6.20 Å². The van der Waals surface area contributed by atoms with E-state index >= 15 is 0 Å². The predicted molar refractivity (Wildman–Crippen MR) is 94.9 cm³/mol. The average Bonchev–Trinajstić information content (AvgIpc) is 3.05. The van der Waals surface area contributed by atoms with Crippen LogP contribution in [0.15, 0.2) is 24.4 Å². The van der Waals surface area contributed by atoms with Crippen molar-refractivity contribution in [3.8, 4) is 11.3 Å². The summed E-state index contributed by atoms with van der Waals surface area (Å²) in [5.74, 6) is -0.197. The first-order valence-electron chi connectivity index (χ1n) is 9.15. The third-order valence-electron chi connectivity index (χ3n) is 5.38. The minimum atomic E-state index is -0.576. The van der Waals surface area contributed by atoms with Crippen LogP contribution in [0.4, 0.5) is 8.78 Å². The van der Waals surface area contributed by atoms with Crippen molar-refractivity contribution >= 4 is 0 Å². The number of fused-ring (bicyclic) bond motifs is 1. The number of imidazole rings is 1. The molecule has 0 aliphatic carbocycles. The van der Waals surface area contributed by atoms with Crippen molar-refractivity contribution in [2.45, 2.75) is 44.0 Å². The fraction of sp³-hybridized carbons (Fsp3) is 0.526. The Balaban J connectivity index is 1.48. The zero-order chi connectivity index (χ0) is 18.1. The Morgan fingerprint density at radius 2 is 2.19 bits per heavy atom. The summed E-state index contributed by atoms with van der Waals surface area (Å²) in [4.78, 5) is 4.56. The molecule has 7 heteroatoms. The molecule has 1 aromatic carbocycles. The molecule has 0 saturated carbocycles. The van der Waals surface area contributed by atoms with Crippen LogP contribution < -0.4 is 10.6 Å². The Kier molecular flexibility index (Phi) is 5.02. The lowest BCUT2D eigenvalue weighted by Crippen LogP contribution is -2.55. The number of aromatic nitrogens is 2. The SMILES string of the molecule is COC1CNCCC1NC1CCc2nc(-c3ccc(F)cc3F)cn2C1. The second kappa shape index (κ2) is 7.42. The maximum atomic E-state index is 14.0. The van der Waals surface area contributed by atoms with Crippen LogP contribution in [0.3, 0.4) is 0 Å². The minimum absolute atomic E-state index is 0.178. The lowest BCUT2D eigenvalue weighted by molar-refractivity contribution is 0.0455. The third-order valence-corrected chi connectivity index (χ3v) is 5.38. The van der Waals surface area contributed by atoms with Crippen LogP contribution in [0, 0.1) is 11.6 Å². The highest BCUT2D eigenvalue weighted by atomic mass is 19.1. The van der Waals surface area contributed by atoms with E-state index in [1.54, 1.807) is 7.11 Å². The summed E-state index contributed by atoms with van der Waals surface area (Å²) in [7, 11) is 1.75. The van der Waals surface area contributed by atoms with Gasteiger partial charge in [0.25, 0.3) is 0 Å². The minimum Gasteiger partial charge on any atom is -0.379 e. The van der Waals surface area contributed by atoms with E-state index in [-0.39, 0.29) is 6.10 Å². The Morgan fingerprint density at radius 3 is 3.00 bits per heavy atom. The van der Waals surface area contributed by atoms with Gasteiger partial charge in [0.15, 0.2) is 0 Å². The standard InChI is InChI=1S/C19H24F2N4O/c1-26-18-9-22-7-6-16(18)23-13-3-5-19-24-17(11-25(19)10-13)14-4-2-12(20)8-15(14)21/h2,4,8,11,13,16,18,22-23H,3,5-7,9-10H2,1H3. The normalized spacial score (nSPS) is 25.9. The lowest BCUT2D eigenvalue weighted by Gasteiger charge is -2.36. The molecule has 3 heterocycles. The Hall–Kier alpha value is -1.83. The van der Waals surface area contributed by atoms with Gasteiger partial charge < -0.3 is 19.9 Å². The van der Waals surface area contributed by atoms with Gasteiger partial charge in [0.05, 0.1) is 11.8 Å². The van der Waals surface area contributed by atoms with Gasteiger partial charge in [-0.1, -0.05) is 0 Å². The second-order valence-corrected chi connectivity index (χ2v) is 7.09. The van der Waals surface area contributed by atoms with E-state index in [9.17, 15) is 8.78 Å². The van der Waals surface area contributed by atoms with Gasteiger partial charge in [-0.3, -0.25) is 0 Å². The fourth-order valence-corrected chi connectivity index (χ4v) is 3.98. The molecule has 4 rings (SSSR count). The molecule has 0 bridgehead atoms. The van der Waals surface area contributed by atoms with E-state index < -0.39 is 11.6 Å². The molecule has 1 aromatic heterocycles. The van der Waals surface area contributed by atoms with Gasteiger partial charge in [-0.2, -0.15) is 0 Å². The Bertz CT molecular complexity index is 779. The van der Waals surface area contributed by atoms with Crippen LogP contribution in [0.5, 0.6) is 0 Å². The number of methoxy groups -OCH3 is 1.